The molecule has 1 amide bonds. The number of methoxy groups -OCH3 is 1. The average Bonchev–Trinajstić information content (AvgIpc) is 2.36. The molecule has 0 aliphatic heterocycles. The number of rotatable bonds is 4. The molecule has 6 nitrogen and oxygen atoms in total. The van der Waals surface area contributed by atoms with E-state index in [-0.39, 0.29) is 6.73 Å². The van der Waals surface area contributed by atoms with E-state index in [2.05, 4.69) is 22.6 Å². The van der Waals surface area contributed by atoms with E-state index in [1.807, 2.05) is 0 Å². The van der Waals surface area contributed by atoms with Crippen molar-refractivity contribution in [1.29, 1.82) is 0 Å². The van der Waals surface area contributed by atoms with Gasteiger partial charge in [-0.1, -0.05) is 0 Å². The molecule has 0 N–H and O–H groups in total. The van der Waals surface area contributed by atoms with Gasteiger partial charge in [-0.2, -0.15) is 0 Å². The molecule has 0 aromatic heterocycles. The number of ether oxygens (including phenoxy) is 3. The third kappa shape index (κ3) is 5.70. The number of carbonyl (C=O) groups excluding carboxylic acids is 2. The molecule has 1 rings (SSSR count). The van der Waals surface area contributed by atoms with Crippen molar-refractivity contribution in [2.24, 2.45) is 0 Å². The first-order valence-electron chi connectivity index (χ1n) is 6.61. The quantitative estimate of drug-likeness (QED) is 0.423. The van der Waals surface area contributed by atoms with Crippen molar-refractivity contribution in [2.45, 2.75) is 33.3 Å². The Kier molecular flexibility index (Phi) is 6.46. The number of nitrogens with zero attached hydrogens (tertiary/aromatic N) is 1. The Morgan fingerprint density at radius 2 is 1.91 bits per heavy atom. The van der Waals surface area contributed by atoms with Crippen LogP contribution >= 0.6 is 22.6 Å². The summed E-state index contributed by atoms with van der Waals surface area (Å²) in [6, 6.07) is 5.20. The van der Waals surface area contributed by atoms with Crippen LogP contribution in [0.3, 0.4) is 0 Å². The number of halogens is 1. The number of benzene rings is 1. The Hall–Kier alpha value is -1.51. The van der Waals surface area contributed by atoms with Crippen LogP contribution in [0.1, 0.15) is 27.7 Å². The van der Waals surface area contributed by atoms with Crippen molar-refractivity contribution in [3.63, 3.8) is 0 Å². The molecular formula is C15H20INO5. The Morgan fingerprint density at radius 1 is 1.27 bits per heavy atom. The molecule has 0 radical (unpaired) electrons. The number of anilines is 1. The first-order valence-corrected chi connectivity index (χ1v) is 7.69. The maximum Gasteiger partial charge on any atom is 0.417 e. The second-order valence-corrected chi connectivity index (χ2v) is 6.65. The molecule has 0 bridgehead atoms. The number of hydrogen-bond acceptors (Lipinski definition) is 5. The van der Waals surface area contributed by atoms with E-state index in [0.29, 0.717) is 11.4 Å². The zero-order valence-corrected chi connectivity index (χ0v) is 15.5. The highest BCUT2D eigenvalue weighted by Gasteiger charge is 2.24. The van der Waals surface area contributed by atoms with Gasteiger partial charge in [-0.25, -0.2) is 9.69 Å². The maximum absolute atomic E-state index is 12.3. The number of hydrogen-bond donors (Lipinski definition) is 0. The van der Waals surface area contributed by atoms with Crippen LogP contribution < -0.4 is 9.64 Å². The number of carbonyl (C=O) groups is 2. The van der Waals surface area contributed by atoms with Gasteiger partial charge in [0.2, 0.25) is 0 Å². The Balaban J connectivity index is 3.06. The summed E-state index contributed by atoms with van der Waals surface area (Å²) in [5, 5.41) is 0. The van der Waals surface area contributed by atoms with Gasteiger partial charge >= 0.3 is 12.1 Å². The summed E-state index contributed by atoms with van der Waals surface area (Å²) in [4.78, 5) is 24.6. The molecular weight excluding hydrogens is 401 g/mol. The van der Waals surface area contributed by atoms with Gasteiger partial charge in [0.25, 0.3) is 0 Å². The zero-order valence-electron chi connectivity index (χ0n) is 13.3. The molecule has 122 valence electrons. The van der Waals surface area contributed by atoms with E-state index in [4.69, 9.17) is 14.2 Å². The van der Waals surface area contributed by atoms with Crippen LogP contribution in [0.4, 0.5) is 10.5 Å². The summed E-state index contributed by atoms with van der Waals surface area (Å²) in [6.45, 7) is 6.38. The summed E-state index contributed by atoms with van der Waals surface area (Å²) in [5.74, 6) is 0.220. The SMILES string of the molecule is COc1ccc(N(COC(C)=O)C(=O)OC(C)(C)C)cc1I. The van der Waals surface area contributed by atoms with E-state index < -0.39 is 17.7 Å². The Bertz CT molecular complexity index is 553. The monoisotopic (exact) mass is 421 g/mol. The lowest BCUT2D eigenvalue weighted by molar-refractivity contribution is -0.140. The first-order chi connectivity index (χ1) is 10.1. The molecule has 0 heterocycles. The summed E-state index contributed by atoms with van der Waals surface area (Å²) in [5.41, 5.74) is -0.0914. The Labute approximate surface area is 143 Å². The van der Waals surface area contributed by atoms with Crippen LogP contribution in [0, 0.1) is 3.57 Å². The molecule has 0 atom stereocenters. The fourth-order valence-electron chi connectivity index (χ4n) is 1.53. The van der Waals surface area contributed by atoms with Crippen molar-refractivity contribution in [3.8, 4) is 5.75 Å². The molecule has 0 aliphatic carbocycles. The maximum atomic E-state index is 12.3. The highest BCUT2D eigenvalue weighted by molar-refractivity contribution is 14.1. The highest BCUT2D eigenvalue weighted by atomic mass is 127. The van der Waals surface area contributed by atoms with Gasteiger partial charge < -0.3 is 14.2 Å². The van der Waals surface area contributed by atoms with Crippen LogP contribution in [0.15, 0.2) is 18.2 Å². The van der Waals surface area contributed by atoms with Crippen molar-refractivity contribution in [3.05, 3.63) is 21.8 Å². The normalized spacial score (nSPS) is 10.8. The molecule has 1 aromatic rings. The van der Waals surface area contributed by atoms with Gasteiger partial charge in [-0.15, -0.1) is 0 Å². The fraction of sp³-hybridized carbons (Fsp3) is 0.467. The van der Waals surface area contributed by atoms with Gasteiger partial charge in [-0.05, 0) is 61.6 Å². The summed E-state index contributed by atoms with van der Waals surface area (Å²) in [7, 11) is 1.57. The van der Waals surface area contributed by atoms with E-state index >= 15 is 0 Å². The fourth-order valence-corrected chi connectivity index (χ4v) is 2.25. The lowest BCUT2D eigenvalue weighted by Gasteiger charge is -2.27. The molecule has 22 heavy (non-hydrogen) atoms. The lowest BCUT2D eigenvalue weighted by atomic mass is 10.2. The highest BCUT2D eigenvalue weighted by Crippen LogP contribution is 2.27. The lowest BCUT2D eigenvalue weighted by Crippen LogP contribution is -2.38. The predicted molar refractivity (Wildman–Crippen MR) is 91.1 cm³/mol. The third-order valence-electron chi connectivity index (χ3n) is 2.46. The Morgan fingerprint density at radius 3 is 2.36 bits per heavy atom. The smallest absolute Gasteiger partial charge is 0.417 e. The third-order valence-corrected chi connectivity index (χ3v) is 3.30. The van der Waals surface area contributed by atoms with E-state index in [1.165, 1.54) is 11.8 Å². The van der Waals surface area contributed by atoms with Crippen molar-refractivity contribution in [1.82, 2.24) is 0 Å². The van der Waals surface area contributed by atoms with E-state index in [1.54, 1.807) is 46.1 Å². The molecule has 7 heteroatoms. The van der Waals surface area contributed by atoms with Gasteiger partial charge in [0.15, 0.2) is 6.73 Å². The number of amides is 1. The molecule has 1 aromatic carbocycles. The van der Waals surface area contributed by atoms with Gasteiger partial charge in [0.05, 0.1) is 16.4 Å². The molecule has 0 saturated heterocycles. The zero-order chi connectivity index (χ0) is 16.9. The first kappa shape index (κ1) is 18.5. The van der Waals surface area contributed by atoms with Crippen molar-refractivity contribution in [2.75, 3.05) is 18.7 Å². The molecule has 0 saturated carbocycles. The van der Waals surface area contributed by atoms with Crippen molar-refractivity contribution < 1.29 is 23.8 Å². The molecule has 0 fully saturated rings. The predicted octanol–water partition coefficient (Wildman–Crippen LogP) is 3.56. The topological polar surface area (TPSA) is 65.1 Å². The van der Waals surface area contributed by atoms with E-state index in [9.17, 15) is 9.59 Å². The van der Waals surface area contributed by atoms with Crippen LogP contribution in [0.25, 0.3) is 0 Å². The minimum Gasteiger partial charge on any atom is -0.496 e. The second-order valence-electron chi connectivity index (χ2n) is 5.49. The van der Waals surface area contributed by atoms with Crippen molar-refractivity contribution >= 4 is 40.3 Å². The summed E-state index contributed by atoms with van der Waals surface area (Å²) >= 11 is 2.10. The minimum absolute atomic E-state index is 0.216. The van der Waals surface area contributed by atoms with Crippen LogP contribution in [-0.2, 0) is 14.3 Å². The molecule has 0 spiro atoms. The molecule has 0 aliphatic rings. The standard InChI is InChI=1S/C15H20INO5/c1-10(18)21-9-17(14(19)22-15(2,3)4)11-6-7-13(20-5)12(16)8-11/h6-8H,9H2,1-5H3. The van der Waals surface area contributed by atoms with Gasteiger partial charge in [-0.3, -0.25) is 4.79 Å². The largest absolute Gasteiger partial charge is 0.496 e. The second kappa shape index (κ2) is 7.66. The van der Waals surface area contributed by atoms with Crippen LogP contribution in [-0.4, -0.2) is 31.5 Å². The number of esters is 1. The molecule has 0 unspecified atom stereocenters. The van der Waals surface area contributed by atoms with Gasteiger partial charge in [0, 0.05) is 6.92 Å². The van der Waals surface area contributed by atoms with Crippen LogP contribution in [0.2, 0.25) is 0 Å². The van der Waals surface area contributed by atoms with E-state index in [0.717, 1.165) is 3.57 Å². The van der Waals surface area contributed by atoms with Gasteiger partial charge in [0.1, 0.15) is 11.4 Å². The minimum atomic E-state index is -0.648. The summed E-state index contributed by atoms with van der Waals surface area (Å²) in [6.07, 6.45) is -0.588. The average molecular weight is 421 g/mol. The summed E-state index contributed by atoms with van der Waals surface area (Å²) < 4.78 is 16.3. The van der Waals surface area contributed by atoms with Crippen LogP contribution in [0.5, 0.6) is 5.75 Å².